The molecule has 100 valence electrons. The predicted octanol–water partition coefficient (Wildman–Crippen LogP) is 2.79. The van der Waals surface area contributed by atoms with E-state index in [1.165, 1.54) is 17.5 Å². The van der Waals surface area contributed by atoms with Crippen LogP contribution in [-0.4, -0.2) is 24.9 Å². The molecule has 0 bridgehead atoms. The third-order valence-electron chi connectivity index (χ3n) is 3.50. The highest BCUT2D eigenvalue weighted by atomic mass is 16.5. The van der Waals surface area contributed by atoms with Gasteiger partial charge in [-0.3, -0.25) is 0 Å². The Balaban J connectivity index is 1.89. The van der Waals surface area contributed by atoms with E-state index in [0.29, 0.717) is 11.8 Å². The molecule has 3 heteroatoms. The Morgan fingerprint density at radius 2 is 2.33 bits per heavy atom. The molecular weight excluding hydrogens is 226 g/mol. The SMILES string of the molecule is CCOCCCNC1CCCc2ccc(O)cc21. The van der Waals surface area contributed by atoms with E-state index in [-0.39, 0.29) is 0 Å². The monoisotopic (exact) mass is 249 g/mol. The highest BCUT2D eigenvalue weighted by molar-refractivity contribution is 5.38. The summed E-state index contributed by atoms with van der Waals surface area (Å²) in [6, 6.07) is 6.14. The molecule has 1 aromatic carbocycles. The third-order valence-corrected chi connectivity index (χ3v) is 3.50. The van der Waals surface area contributed by atoms with Crippen LogP contribution >= 0.6 is 0 Å². The summed E-state index contributed by atoms with van der Waals surface area (Å²) in [4.78, 5) is 0. The normalized spacial score (nSPS) is 18.6. The molecule has 0 spiro atoms. The van der Waals surface area contributed by atoms with Gasteiger partial charge < -0.3 is 15.2 Å². The van der Waals surface area contributed by atoms with Gasteiger partial charge in [0.2, 0.25) is 0 Å². The maximum atomic E-state index is 9.60. The fourth-order valence-electron chi connectivity index (χ4n) is 2.59. The summed E-state index contributed by atoms with van der Waals surface area (Å²) in [7, 11) is 0. The molecule has 1 aliphatic rings. The number of hydrogen-bond donors (Lipinski definition) is 2. The molecule has 0 aromatic heterocycles. The first-order valence-electron chi connectivity index (χ1n) is 6.94. The summed E-state index contributed by atoms with van der Waals surface area (Å²) < 4.78 is 5.33. The molecule has 0 heterocycles. The number of ether oxygens (including phenoxy) is 1. The molecule has 2 N–H and O–H groups in total. The summed E-state index contributed by atoms with van der Waals surface area (Å²) in [5.74, 6) is 0.372. The maximum Gasteiger partial charge on any atom is 0.115 e. The van der Waals surface area contributed by atoms with Crippen molar-refractivity contribution in [3.05, 3.63) is 29.3 Å². The van der Waals surface area contributed by atoms with Crippen LogP contribution < -0.4 is 5.32 Å². The Bertz CT molecular complexity index is 379. The quantitative estimate of drug-likeness (QED) is 0.762. The van der Waals surface area contributed by atoms with E-state index in [9.17, 15) is 5.11 Å². The minimum atomic E-state index is 0.372. The van der Waals surface area contributed by atoms with Crippen molar-refractivity contribution in [2.75, 3.05) is 19.8 Å². The Kier molecular flexibility index (Phi) is 5.02. The van der Waals surface area contributed by atoms with E-state index < -0.39 is 0 Å². The number of nitrogens with one attached hydrogen (secondary N) is 1. The van der Waals surface area contributed by atoms with Crippen LogP contribution in [0.25, 0.3) is 0 Å². The number of rotatable bonds is 6. The third kappa shape index (κ3) is 3.47. The zero-order valence-electron chi connectivity index (χ0n) is 11.1. The van der Waals surface area contributed by atoms with Crippen LogP contribution in [0.4, 0.5) is 0 Å². The lowest BCUT2D eigenvalue weighted by molar-refractivity contribution is 0.144. The van der Waals surface area contributed by atoms with E-state index in [2.05, 4.69) is 11.4 Å². The van der Waals surface area contributed by atoms with Crippen LogP contribution in [-0.2, 0) is 11.2 Å². The number of benzene rings is 1. The van der Waals surface area contributed by atoms with Gasteiger partial charge in [0.1, 0.15) is 5.75 Å². The average Bonchev–Trinajstić information content (AvgIpc) is 2.39. The van der Waals surface area contributed by atoms with Crippen LogP contribution in [0.1, 0.15) is 43.4 Å². The van der Waals surface area contributed by atoms with Gasteiger partial charge in [0.05, 0.1) is 0 Å². The summed E-state index contributed by atoms with van der Waals surface area (Å²) >= 11 is 0. The van der Waals surface area contributed by atoms with Crippen molar-refractivity contribution in [2.24, 2.45) is 0 Å². The molecule has 0 aliphatic heterocycles. The number of hydrogen-bond acceptors (Lipinski definition) is 3. The molecule has 1 atom stereocenters. The zero-order valence-corrected chi connectivity index (χ0v) is 11.1. The van der Waals surface area contributed by atoms with E-state index >= 15 is 0 Å². The molecule has 18 heavy (non-hydrogen) atoms. The summed E-state index contributed by atoms with van der Waals surface area (Å²) in [6.07, 6.45) is 4.55. The van der Waals surface area contributed by atoms with Crippen LogP contribution in [0.3, 0.4) is 0 Å². The second kappa shape index (κ2) is 6.76. The van der Waals surface area contributed by atoms with Gasteiger partial charge in [0.15, 0.2) is 0 Å². The number of fused-ring (bicyclic) bond motifs is 1. The van der Waals surface area contributed by atoms with Gasteiger partial charge in [-0.1, -0.05) is 6.07 Å². The molecule has 0 amide bonds. The Morgan fingerprint density at radius 3 is 3.17 bits per heavy atom. The van der Waals surface area contributed by atoms with Crippen LogP contribution in [0.15, 0.2) is 18.2 Å². The summed E-state index contributed by atoms with van der Waals surface area (Å²) in [5.41, 5.74) is 2.65. The molecule has 0 radical (unpaired) electrons. The second-order valence-electron chi connectivity index (χ2n) is 4.83. The van der Waals surface area contributed by atoms with Crippen molar-refractivity contribution < 1.29 is 9.84 Å². The molecule has 0 saturated carbocycles. The van der Waals surface area contributed by atoms with Crippen molar-refractivity contribution >= 4 is 0 Å². The molecule has 0 saturated heterocycles. The molecule has 1 aliphatic carbocycles. The van der Waals surface area contributed by atoms with Gasteiger partial charge >= 0.3 is 0 Å². The minimum absolute atomic E-state index is 0.372. The molecule has 1 aromatic rings. The number of phenolic OH excluding ortho intramolecular Hbond substituents is 1. The van der Waals surface area contributed by atoms with Gasteiger partial charge in [0.25, 0.3) is 0 Å². The van der Waals surface area contributed by atoms with Crippen molar-refractivity contribution in [3.8, 4) is 5.75 Å². The summed E-state index contributed by atoms with van der Waals surface area (Å²) in [5, 5.41) is 13.2. The molecule has 1 unspecified atom stereocenters. The standard InChI is InChI=1S/C15H23NO2/c1-2-18-10-4-9-16-15-6-3-5-12-7-8-13(17)11-14(12)15/h7-8,11,15-17H,2-6,9-10H2,1H3. The predicted molar refractivity (Wildman–Crippen MR) is 72.9 cm³/mol. The van der Waals surface area contributed by atoms with Crippen LogP contribution in [0, 0.1) is 0 Å². The van der Waals surface area contributed by atoms with E-state index in [1.54, 1.807) is 6.07 Å². The Hall–Kier alpha value is -1.06. The second-order valence-corrected chi connectivity index (χ2v) is 4.83. The molecule has 0 fully saturated rings. The first-order valence-corrected chi connectivity index (χ1v) is 6.94. The number of aromatic hydroxyl groups is 1. The topological polar surface area (TPSA) is 41.5 Å². The highest BCUT2D eigenvalue weighted by Gasteiger charge is 2.19. The minimum Gasteiger partial charge on any atom is -0.508 e. The smallest absolute Gasteiger partial charge is 0.115 e. The van der Waals surface area contributed by atoms with Crippen LogP contribution in [0.5, 0.6) is 5.75 Å². The van der Waals surface area contributed by atoms with E-state index in [1.807, 2.05) is 13.0 Å². The van der Waals surface area contributed by atoms with Gasteiger partial charge in [-0.2, -0.15) is 0 Å². The van der Waals surface area contributed by atoms with Gasteiger partial charge in [-0.25, -0.2) is 0 Å². The zero-order chi connectivity index (χ0) is 12.8. The Morgan fingerprint density at radius 1 is 1.44 bits per heavy atom. The fourth-order valence-corrected chi connectivity index (χ4v) is 2.59. The van der Waals surface area contributed by atoms with E-state index in [4.69, 9.17) is 4.74 Å². The maximum absolute atomic E-state index is 9.60. The number of aryl methyl sites for hydroxylation is 1. The lowest BCUT2D eigenvalue weighted by Gasteiger charge is -2.26. The largest absolute Gasteiger partial charge is 0.508 e. The molecule has 2 rings (SSSR count). The van der Waals surface area contributed by atoms with Crippen molar-refractivity contribution in [3.63, 3.8) is 0 Å². The van der Waals surface area contributed by atoms with Gasteiger partial charge in [0, 0.05) is 19.3 Å². The van der Waals surface area contributed by atoms with Crippen molar-refractivity contribution in [1.29, 1.82) is 0 Å². The summed E-state index contributed by atoms with van der Waals surface area (Å²) in [6.45, 7) is 4.61. The van der Waals surface area contributed by atoms with E-state index in [0.717, 1.165) is 39.0 Å². The van der Waals surface area contributed by atoms with Crippen molar-refractivity contribution in [2.45, 2.75) is 38.6 Å². The first-order chi connectivity index (χ1) is 8.81. The Labute approximate surface area is 109 Å². The first kappa shape index (κ1) is 13.4. The number of phenols is 1. The van der Waals surface area contributed by atoms with Gasteiger partial charge in [-0.15, -0.1) is 0 Å². The lowest BCUT2D eigenvalue weighted by Crippen LogP contribution is -2.26. The average molecular weight is 249 g/mol. The fraction of sp³-hybridized carbons (Fsp3) is 0.600. The van der Waals surface area contributed by atoms with Crippen LogP contribution in [0.2, 0.25) is 0 Å². The molecule has 3 nitrogen and oxygen atoms in total. The molecular formula is C15H23NO2. The van der Waals surface area contributed by atoms with Gasteiger partial charge in [-0.05, 0) is 62.4 Å². The lowest BCUT2D eigenvalue weighted by atomic mass is 9.87. The highest BCUT2D eigenvalue weighted by Crippen LogP contribution is 2.31. The van der Waals surface area contributed by atoms with Crippen molar-refractivity contribution in [1.82, 2.24) is 5.32 Å².